The number of hydrazine groups is 1. The van der Waals surface area contributed by atoms with Gasteiger partial charge in [-0.3, -0.25) is 10.2 Å². The minimum Gasteiger partial charge on any atom is -0.494 e. The number of aliphatic hydroxyl groups is 1. The minimum atomic E-state index is -1.31. The number of ether oxygens (including phenoxy) is 3. The molecule has 1 amide bonds. The van der Waals surface area contributed by atoms with Crippen LogP contribution in [0.4, 0.5) is 0 Å². The fraction of sp³-hybridized carbons (Fsp3) is 0.375. The molecule has 1 heterocycles. The number of aliphatic hydroxyl groups excluding tert-OH is 1. The molecule has 0 radical (unpaired) electrons. The van der Waals surface area contributed by atoms with E-state index in [-0.39, 0.29) is 18.6 Å². The lowest BCUT2D eigenvalue weighted by atomic mass is 9.82. The second-order valence-electron chi connectivity index (χ2n) is 10.3. The van der Waals surface area contributed by atoms with E-state index in [1.54, 1.807) is 0 Å². The van der Waals surface area contributed by atoms with E-state index in [9.17, 15) is 4.79 Å². The van der Waals surface area contributed by atoms with Crippen LogP contribution in [0.25, 0.3) is 0 Å². The Hall–Kier alpha value is -2.76. The first-order chi connectivity index (χ1) is 20.3. The van der Waals surface area contributed by atoms with Crippen LogP contribution in [0.1, 0.15) is 49.5 Å². The molecule has 0 unspecified atom stereocenters. The van der Waals surface area contributed by atoms with Gasteiger partial charge in [0.15, 0.2) is 11.6 Å². The third kappa shape index (κ3) is 8.41. The molecular weight excluding hydrogens is 666 g/mol. The van der Waals surface area contributed by atoms with E-state index in [4.69, 9.17) is 24.3 Å². The van der Waals surface area contributed by atoms with E-state index in [0.29, 0.717) is 44.2 Å². The summed E-state index contributed by atoms with van der Waals surface area (Å²) in [5, 5.41) is 9.03. The Kier molecular flexibility index (Phi) is 12.0. The summed E-state index contributed by atoms with van der Waals surface area (Å²) in [5.41, 5.74) is 7.16. The van der Waals surface area contributed by atoms with Crippen molar-refractivity contribution in [3.8, 4) is 5.75 Å². The van der Waals surface area contributed by atoms with Gasteiger partial charge in [0.25, 0.3) is 5.91 Å². The molecule has 10 heteroatoms. The van der Waals surface area contributed by atoms with Crippen molar-refractivity contribution in [1.29, 1.82) is 0 Å². The maximum atomic E-state index is 14.2. The van der Waals surface area contributed by atoms with E-state index in [0.717, 1.165) is 32.1 Å². The van der Waals surface area contributed by atoms with Gasteiger partial charge in [0.2, 0.25) is 5.90 Å². The summed E-state index contributed by atoms with van der Waals surface area (Å²) >= 11 is 7.19. The summed E-state index contributed by atoms with van der Waals surface area (Å²) in [7, 11) is 0. The topological polar surface area (TPSA) is 101 Å². The molecule has 3 aromatic rings. The fourth-order valence-corrected chi connectivity index (χ4v) is 5.35. The first-order valence-corrected chi connectivity index (χ1v) is 15.7. The van der Waals surface area contributed by atoms with E-state index in [2.05, 4.69) is 42.7 Å². The number of hydrogen-bond acceptors (Lipinski definition) is 7. The Labute approximate surface area is 264 Å². The molecule has 0 saturated heterocycles. The minimum absolute atomic E-state index is 0.0717. The average molecular weight is 703 g/mol. The van der Waals surface area contributed by atoms with E-state index >= 15 is 0 Å². The maximum absolute atomic E-state index is 14.2. The second kappa shape index (κ2) is 15.6. The average Bonchev–Trinajstić information content (AvgIpc) is 3.36. The van der Waals surface area contributed by atoms with Crippen molar-refractivity contribution in [2.24, 2.45) is 4.99 Å². The number of nitrogens with one attached hydrogen (secondary N) is 2. The highest BCUT2D eigenvalue weighted by atomic mass is 79.9. The molecule has 0 fully saturated rings. The molecule has 8 nitrogen and oxygen atoms in total. The Morgan fingerprint density at radius 1 is 1.02 bits per heavy atom. The number of nitrogens with zero attached hydrogens (tertiary/aromatic N) is 1. The molecular formula is C32H37Br2N3O5. The van der Waals surface area contributed by atoms with Crippen LogP contribution in [0, 0.1) is 0 Å². The molecule has 0 spiro atoms. The van der Waals surface area contributed by atoms with Crippen molar-refractivity contribution < 1.29 is 24.1 Å². The molecule has 224 valence electrons. The summed E-state index contributed by atoms with van der Waals surface area (Å²) in [6, 6.07) is 23.0. The van der Waals surface area contributed by atoms with E-state index in [1.165, 1.54) is 0 Å². The molecule has 1 aliphatic rings. The monoisotopic (exact) mass is 701 g/mol. The van der Waals surface area contributed by atoms with E-state index in [1.807, 2.05) is 86.6 Å². The van der Waals surface area contributed by atoms with Gasteiger partial charge in [0, 0.05) is 52.7 Å². The third-order valence-electron chi connectivity index (χ3n) is 6.70. The van der Waals surface area contributed by atoms with Crippen LogP contribution in [-0.2, 0) is 20.7 Å². The van der Waals surface area contributed by atoms with Crippen molar-refractivity contribution in [3.05, 3.63) is 98.4 Å². The summed E-state index contributed by atoms with van der Waals surface area (Å²) in [4.78, 5) is 19.3. The van der Waals surface area contributed by atoms with Crippen LogP contribution >= 0.6 is 31.9 Å². The molecule has 0 aliphatic carbocycles. The highest BCUT2D eigenvalue weighted by Gasteiger charge is 2.53. The van der Waals surface area contributed by atoms with Gasteiger partial charge < -0.3 is 19.3 Å². The third-order valence-corrected chi connectivity index (χ3v) is 7.95. The van der Waals surface area contributed by atoms with Gasteiger partial charge in [-0.15, -0.1) is 0 Å². The SMILES string of the molecule is CC(C)OCCCNNC(=O)[C@@]1(Cc2ccc(Br)cc2)N=C(c2ccc(OCCCO)cc2)O[C@H]1c1ccccc1Br. The van der Waals surface area contributed by atoms with Crippen molar-refractivity contribution >= 4 is 43.7 Å². The lowest BCUT2D eigenvalue weighted by Crippen LogP contribution is -2.54. The zero-order valence-electron chi connectivity index (χ0n) is 23.8. The maximum Gasteiger partial charge on any atom is 0.266 e. The van der Waals surface area contributed by atoms with Crippen LogP contribution < -0.4 is 15.6 Å². The number of benzene rings is 3. The molecule has 0 bridgehead atoms. The number of halogens is 2. The van der Waals surface area contributed by atoms with Gasteiger partial charge in [-0.2, -0.15) is 0 Å². The molecule has 4 rings (SSSR count). The summed E-state index contributed by atoms with van der Waals surface area (Å²) < 4.78 is 19.7. The lowest BCUT2D eigenvalue weighted by molar-refractivity contribution is -0.130. The summed E-state index contributed by atoms with van der Waals surface area (Å²) in [6.45, 7) is 5.62. The molecule has 3 N–H and O–H groups in total. The first-order valence-electron chi connectivity index (χ1n) is 14.1. The Bertz CT molecular complexity index is 1330. The van der Waals surface area contributed by atoms with Crippen LogP contribution in [0.5, 0.6) is 5.75 Å². The number of hydrogen-bond donors (Lipinski definition) is 3. The standard InChI is InChI=1S/C32H37Br2N3O5/c1-22(2)40-19-5-17-35-37-31(39)32(21-23-9-13-25(33)14-10-23)29(27-7-3-4-8-28(27)34)42-30(36-32)24-11-15-26(16-12-24)41-20-6-18-38/h3-4,7-16,22,29,35,38H,5-6,17-21H2,1-2H3,(H,37,39)/t29-,32-/m0/s1. The summed E-state index contributed by atoms with van der Waals surface area (Å²) in [6.07, 6.45) is 1.05. The zero-order valence-corrected chi connectivity index (χ0v) is 27.0. The van der Waals surface area contributed by atoms with Crippen molar-refractivity contribution in [2.75, 3.05) is 26.4 Å². The second-order valence-corrected chi connectivity index (χ2v) is 12.0. The predicted octanol–water partition coefficient (Wildman–Crippen LogP) is 5.91. The molecule has 0 aromatic heterocycles. The van der Waals surface area contributed by atoms with Gasteiger partial charge in [-0.05, 0) is 68.3 Å². The Morgan fingerprint density at radius 2 is 1.76 bits per heavy atom. The Balaban J connectivity index is 1.68. The van der Waals surface area contributed by atoms with Crippen LogP contribution in [0.15, 0.2) is 86.7 Å². The summed E-state index contributed by atoms with van der Waals surface area (Å²) in [5.74, 6) is 0.753. The zero-order chi connectivity index (χ0) is 30.0. The van der Waals surface area contributed by atoms with Crippen molar-refractivity contribution in [2.45, 2.75) is 50.9 Å². The van der Waals surface area contributed by atoms with Gasteiger partial charge in [0.1, 0.15) is 5.75 Å². The van der Waals surface area contributed by atoms with Crippen molar-refractivity contribution in [1.82, 2.24) is 10.9 Å². The predicted molar refractivity (Wildman–Crippen MR) is 171 cm³/mol. The number of aliphatic imine (C=N–C) groups is 1. The Morgan fingerprint density at radius 3 is 2.45 bits per heavy atom. The molecule has 0 saturated carbocycles. The van der Waals surface area contributed by atoms with Gasteiger partial charge in [-0.1, -0.05) is 62.2 Å². The van der Waals surface area contributed by atoms with E-state index < -0.39 is 11.6 Å². The van der Waals surface area contributed by atoms with Gasteiger partial charge in [0.05, 0.1) is 12.7 Å². The largest absolute Gasteiger partial charge is 0.494 e. The molecule has 42 heavy (non-hydrogen) atoms. The van der Waals surface area contributed by atoms with Crippen LogP contribution in [-0.4, -0.2) is 54.9 Å². The molecule has 2 atom stereocenters. The van der Waals surface area contributed by atoms with Crippen molar-refractivity contribution in [3.63, 3.8) is 0 Å². The lowest BCUT2D eigenvalue weighted by Gasteiger charge is -2.31. The van der Waals surface area contributed by atoms with Crippen LogP contribution in [0.2, 0.25) is 0 Å². The highest BCUT2D eigenvalue weighted by Crippen LogP contribution is 2.44. The number of amides is 1. The van der Waals surface area contributed by atoms with Gasteiger partial charge >= 0.3 is 0 Å². The van der Waals surface area contributed by atoms with Gasteiger partial charge in [-0.25, -0.2) is 10.4 Å². The quantitative estimate of drug-likeness (QED) is 0.135. The number of carbonyl (C=O) groups excluding carboxylic acids is 1. The number of carbonyl (C=O) groups is 1. The highest BCUT2D eigenvalue weighted by molar-refractivity contribution is 9.10. The fourth-order valence-electron chi connectivity index (χ4n) is 4.59. The molecule has 1 aliphatic heterocycles. The normalized spacial score (nSPS) is 18.0. The first kappa shape index (κ1) is 32.2. The smallest absolute Gasteiger partial charge is 0.266 e. The molecule has 3 aromatic carbocycles. The van der Waals surface area contributed by atoms with Crippen LogP contribution in [0.3, 0.4) is 0 Å². The number of rotatable bonds is 15.